The lowest BCUT2D eigenvalue weighted by atomic mass is 10.0. The van der Waals surface area contributed by atoms with Crippen LogP contribution in [0.15, 0.2) is 29.4 Å². The van der Waals surface area contributed by atoms with Crippen LogP contribution in [-0.2, 0) is 4.79 Å². The highest BCUT2D eigenvalue weighted by Crippen LogP contribution is 2.13. The van der Waals surface area contributed by atoms with Gasteiger partial charge in [0.2, 0.25) is 5.91 Å². The number of benzene rings is 1. The Morgan fingerprint density at radius 1 is 0.828 bits per heavy atom. The summed E-state index contributed by atoms with van der Waals surface area (Å²) >= 11 is 0. The van der Waals surface area contributed by atoms with Gasteiger partial charge < -0.3 is 4.90 Å². The fourth-order valence-electron chi connectivity index (χ4n) is 3.40. The van der Waals surface area contributed by atoms with E-state index in [1.807, 2.05) is 38.4 Å². The lowest BCUT2D eigenvalue weighted by molar-refractivity contribution is -0.121. The zero-order chi connectivity index (χ0) is 21.2. The molecule has 1 N–H and O–H groups in total. The van der Waals surface area contributed by atoms with E-state index < -0.39 is 0 Å². The van der Waals surface area contributed by atoms with Crippen molar-refractivity contribution in [1.29, 1.82) is 0 Å². The Hall–Kier alpha value is -1.84. The topological polar surface area (TPSA) is 44.7 Å². The fourth-order valence-corrected chi connectivity index (χ4v) is 3.40. The van der Waals surface area contributed by atoms with Crippen LogP contribution < -0.4 is 10.3 Å². The van der Waals surface area contributed by atoms with Gasteiger partial charge in [0.15, 0.2) is 0 Å². The van der Waals surface area contributed by atoms with Crippen LogP contribution in [-0.4, -0.2) is 26.2 Å². The summed E-state index contributed by atoms with van der Waals surface area (Å²) in [5, 5.41) is 4.06. The quantitative estimate of drug-likeness (QED) is 0.180. The van der Waals surface area contributed by atoms with Crippen molar-refractivity contribution in [2.75, 3.05) is 19.0 Å². The Balaban J connectivity index is 1.94. The third kappa shape index (κ3) is 13.9. The summed E-state index contributed by atoms with van der Waals surface area (Å²) in [5.41, 5.74) is 4.76. The maximum absolute atomic E-state index is 11.8. The zero-order valence-electron chi connectivity index (χ0n) is 19.1. The Labute approximate surface area is 179 Å². The third-order valence-electron chi connectivity index (χ3n) is 5.32. The van der Waals surface area contributed by atoms with Crippen molar-refractivity contribution in [2.45, 2.75) is 96.8 Å². The van der Waals surface area contributed by atoms with Crippen molar-refractivity contribution in [3.05, 3.63) is 29.8 Å². The maximum Gasteiger partial charge on any atom is 0.240 e. The Morgan fingerprint density at radius 2 is 1.31 bits per heavy atom. The average molecular weight is 402 g/mol. The number of nitrogens with one attached hydrogen (secondary N) is 1. The van der Waals surface area contributed by atoms with Crippen LogP contribution in [0, 0.1) is 0 Å². The summed E-state index contributed by atoms with van der Waals surface area (Å²) in [4.78, 5) is 13.9. The molecule has 0 saturated carbocycles. The van der Waals surface area contributed by atoms with Gasteiger partial charge >= 0.3 is 0 Å². The molecule has 0 saturated heterocycles. The van der Waals surface area contributed by atoms with Crippen LogP contribution in [0.2, 0.25) is 0 Å². The van der Waals surface area contributed by atoms with Crippen molar-refractivity contribution in [3.8, 4) is 0 Å². The summed E-state index contributed by atoms with van der Waals surface area (Å²) in [6.07, 6.45) is 19.4. The molecule has 29 heavy (non-hydrogen) atoms. The zero-order valence-corrected chi connectivity index (χ0v) is 19.1. The summed E-state index contributed by atoms with van der Waals surface area (Å²) in [6, 6.07) is 8.07. The van der Waals surface area contributed by atoms with Gasteiger partial charge in [0.1, 0.15) is 0 Å². The maximum atomic E-state index is 11.8. The van der Waals surface area contributed by atoms with Crippen molar-refractivity contribution in [3.63, 3.8) is 0 Å². The molecule has 1 rings (SSSR count). The van der Waals surface area contributed by atoms with Crippen LogP contribution in [0.3, 0.4) is 0 Å². The first kappa shape index (κ1) is 25.2. The lowest BCUT2D eigenvalue weighted by Gasteiger charge is -2.11. The van der Waals surface area contributed by atoms with Crippen molar-refractivity contribution in [1.82, 2.24) is 5.43 Å². The molecule has 0 aromatic heterocycles. The first-order valence-corrected chi connectivity index (χ1v) is 11.7. The smallest absolute Gasteiger partial charge is 0.240 e. The first-order chi connectivity index (χ1) is 14.1. The van der Waals surface area contributed by atoms with Crippen LogP contribution in [0.1, 0.15) is 102 Å². The molecular weight excluding hydrogens is 358 g/mol. The summed E-state index contributed by atoms with van der Waals surface area (Å²) < 4.78 is 0. The number of rotatable bonds is 17. The van der Waals surface area contributed by atoms with Crippen molar-refractivity contribution in [2.24, 2.45) is 5.10 Å². The first-order valence-electron chi connectivity index (χ1n) is 11.7. The number of nitrogens with zero attached hydrogens (tertiary/aromatic N) is 2. The molecule has 1 amide bonds. The SMILES string of the molecule is CCCCCCCCCCCCCCCC(=O)N/N=C\c1ccc(N(C)C)cc1. The average Bonchev–Trinajstić information content (AvgIpc) is 2.72. The summed E-state index contributed by atoms with van der Waals surface area (Å²) in [6.45, 7) is 2.27. The van der Waals surface area contributed by atoms with Gasteiger partial charge in [0, 0.05) is 26.2 Å². The minimum Gasteiger partial charge on any atom is -0.378 e. The van der Waals surface area contributed by atoms with E-state index in [0.29, 0.717) is 6.42 Å². The monoisotopic (exact) mass is 401 g/mol. The predicted octanol–water partition coefficient (Wildman–Crippen LogP) is 6.68. The highest BCUT2D eigenvalue weighted by atomic mass is 16.2. The molecule has 164 valence electrons. The minimum atomic E-state index is 0.00855. The number of carbonyl (C=O) groups is 1. The lowest BCUT2D eigenvalue weighted by Crippen LogP contribution is -2.16. The largest absolute Gasteiger partial charge is 0.378 e. The molecule has 4 nitrogen and oxygen atoms in total. The summed E-state index contributed by atoms with van der Waals surface area (Å²) in [7, 11) is 4.03. The summed E-state index contributed by atoms with van der Waals surface area (Å²) in [5.74, 6) is 0.00855. The number of hydrazone groups is 1. The van der Waals surface area contributed by atoms with Crippen LogP contribution in [0.4, 0.5) is 5.69 Å². The van der Waals surface area contributed by atoms with Gasteiger partial charge in [-0.1, -0.05) is 96.1 Å². The second kappa shape index (κ2) is 17.1. The van der Waals surface area contributed by atoms with Gasteiger partial charge in [0.25, 0.3) is 0 Å². The Kier molecular flexibility index (Phi) is 14.8. The van der Waals surface area contributed by atoms with E-state index in [4.69, 9.17) is 0 Å². The molecule has 0 aliphatic rings. The Morgan fingerprint density at radius 3 is 1.79 bits per heavy atom. The van der Waals surface area contributed by atoms with Crippen molar-refractivity contribution < 1.29 is 4.79 Å². The number of amides is 1. The number of hydrogen-bond acceptors (Lipinski definition) is 3. The molecule has 0 unspecified atom stereocenters. The van der Waals surface area contributed by atoms with Crippen LogP contribution in [0.5, 0.6) is 0 Å². The van der Waals surface area contributed by atoms with Crippen LogP contribution >= 0.6 is 0 Å². The molecule has 0 fully saturated rings. The van der Waals surface area contributed by atoms with E-state index in [0.717, 1.165) is 24.1 Å². The molecule has 0 atom stereocenters. The number of unbranched alkanes of at least 4 members (excludes halogenated alkanes) is 12. The molecular formula is C25H43N3O. The van der Waals surface area contributed by atoms with E-state index in [1.165, 1.54) is 70.6 Å². The number of anilines is 1. The molecule has 0 bridgehead atoms. The van der Waals surface area contributed by atoms with Gasteiger partial charge in [-0.3, -0.25) is 4.79 Å². The number of carbonyl (C=O) groups excluding carboxylic acids is 1. The molecule has 0 aliphatic heterocycles. The van der Waals surface area contributed by atoms with E-state index in [-0.39, 0.29) is 5.91 Å². The normalized spacial score (nSPS) is 11.1. The van der Waals surface area contributed by atoms with Gasteiger partial charge in [-0.05, 0) is 24.1 Å². The van der Waals surface area contributed by atoms with E-state index in [2.05, 4.69) is 22.4 Å². The Bertz CT molecular complexity index is 552. The van der Waals surface area contributed by atoms with Gasteiger partial charge in [-0.15, -0.1) is 0 Å². The third-order valence-corrected chi connectivity index (χ3v) is 5.32. The standard InChI is InChI=1S/C25H43N3O/c1-4-5-6-7-8-9-10-11-12-13-14-15-16-17-25(29)27-26-22-23-18-20-24(21-19-23)28(2)3/h18-22H,4-17H2,1-3H3,(H,27,29)/b26-22-. The molecule has 0 radical (unpaired) electrons. The molecule has 0 aliphatic carbocycles. The van der Waals surface area contributed by atoms with Crippen LogP contribution in [0.25, 0.3) is 0 Å². The second-order valence-corrected chi connectivity index (χ2v) is 8.27. The minimum absolute atomic E-state index is 0.00855. The second-order valence-electron chi connectivity index (χ2n) is 8.27. The molecule has 4 heteroatoms. The van der Waals surface area contributed by atoms with Crippen molar-refractivity contribution >= 4 is 17.8 Å². The molecule has 0 spiro atoms. The van der Waals surface area contributed by atoms with E-state index in [9.17, 15) is 4.79 Å². The van der Waals surface area contributed by atoms with E-state index >= 15 is 0 Å². The van der Waals surface area contributed by atoms with Gasteiger partial charge in [-0.25, -0.2) is 5.43 Å². The van der Waals surface area contributed by atoms with Gasteiger partial charge in [-0.2, -0.15) is 5.10 Å². The molecule has 1 aromatic rings. The molecule has 0 heterocycles. The predicted molar refractivity (Wildman–Crippen MR) is 127 cm³/mol. The van der Waals surface area contributed by atoms with Gasteiger partial charge in [0.05, 0.1) is 6.21 Å². The highest BCUT2D eigenvalue weighted by molar-refractivity contribution is 5.82. The highest BCUT2D eigenvalue weighted by Gasteiger charge is 2.00. The molecule has 1 aromatic carbocycles. The van der Waals surface area contributed by atoms with E-state index in [1.54, 1.807) is 6.21 Å². The number of hydrogen-bond donors (Lipinski definition) is 1. The fraction of sp³-hybridized carbons (Fsp3) is 0.680.